The Morgan fingerprint density at radius 2 is 1.75 bits per heavy atom. The topological polar surface area (TPSA) is 86.6 Å². The summed E-state index contributed by atoms with van der Waals surface area (Å²) in [6, 6.07) is 7.25. The normalized spacial score (nSPS) is 49.6. The van der Waals surface area contributed by atoms with Gasteiger partial charge in [-0.2, -0.15) is 0 Å². The molecule has 6 rings (SSSR count). The Labute approximate surface area is 190 Å². The number of amides is 1. The average Bonchev–Trinajstić information content (AvgIpc) is 3.20. The van der Waals surface area contributed by atoms with Crippen LogP contribution in [0.4, 0.5) is 5.69 Å². The lowest BCUT2D eigenvalue weighted by atomic mass is 9.45. The van der Waals surface area contributed by atoms with Gasteiger partial charge >= 0.3 is 0 Å². The van der Waals surface area contributed by atoms with Crippen LogP contribution in [0, 0.1) is 40.4 Å². The maximum atomic E-state index is 13.9. The second-order valence-electron chi connectivity index (χ2n) is 12.0. The minimum atomic E-state index is -1.76. The first-order valence-corrected chi connectivity index (χ1v) is 12.6. The highest BCUT2D eigenvalue weighted by Gasteiger charge is 2.67. The van der Waals surface area contributed by atoms with Crippen LogP contribution in [-0.4, -0.2) is 28.0 Å². The van der Waals surface area contributed by atoms with Gasteiger partial charge in [-0.25, -0.2) is 0 Å². The van der Waals surface area contributed by atoms with Gasteiger partial charge in [0.15, 0.2) is 5.60 Å². The molecule has 1 aliphatic heterocycles. The van der Waals surface area contributed by atoms with E-state index in [1.165, 1.54) is 0 Å². The van der Waals surface area contributed by atoms with Gasteiger partial charge < -0.3 is 15.5 Å². The molecule has 172 valence electrons. The Balaban J connectivity index is 1.35. The molecule has 0 bridgehead atoms. The Morgan fingerprint density at radius 3 is 2.56 bits per heavy atom. The lowest BCUT2D eigenvalue weighted by Gasteiger charge is -2.60. The molecular weight excluding hydrogens is 402 g/mol. The average molecular weight is 438 g/mol. The molecule has 4 fully saturated rings. The van der Waals surface area contributed by atoms with E-state index in [2.05, 4.69) is 19.2 Å². The first-order valence-electron chi connectivity index (χ1n) is 12.6. The molecule has 5 nitrogen and oxygen atoms in total. The summed E-state index contributed by atoms with van der Waals surface area (Å²) in [5.74, 6) is 0.766. The van der Waals surface area contributed by atoms with Crippen molar-refractivity contribution >= 4 is 17.4 Å². The smallest absolute Gasteiger partial charge is 0.261 e. The minimum Gasteiger partial charge on any atom is -0.393 e. The van der Waals surface area contributed by atoms with Crippen molar-refractivity contribution in [2.75, 3.05) is 5.32 Å². The van der Waals surface area contributed by atoms with E-state index in [-0.39, 0.29) is 23.2 Å². The first kappa shape index (κ1) is 20.9. The zero-order valence-corrected chi connectivity index (χ0v) is 19.1. The number of aliphatic hydroxyl groups excluding tert-OH is 1. The highest BCUT2D eigenvalue weighted by molar-refractivity contribution is 6.09. The number of para-hydroxylation sites is 1. The molecule has 0 aromatic heterocycles. The monoisotopic (exact) mass is 437 g/mol. The number of carbonyl (C=O) groups excluding carboxylic acids is 2. The van der Waals surface area contributed by atoms with Crippen LogP contribution in [-0.2, 0) is 15.2 Å². The molecule has 1 aromatic rings. The number of aliphatic hydroxyl groups is 2. The highest BCUT2D eigenvalue weighted by atomic mass is 16.3. The summed E-state index contributed by atoms with van der Waals surface area (Å²) in [4.78, 5) is 26.9. The number of Topliss-reactive ketones (excluding diaryl/α,β-unsaturated/α-hetero) is 1. The number of hydrogen-bond donors (Lipinski definition) is 3. The number of hydrogen-bond acceptors (Lipinski definition) is 4. The lowest BCUT2D eigenvalue weighted by molar-refractivity contribution is -0.151. The molecule has 1 heterocycles. The number of nitrogens with one attached hydrogen (secondary N) is 1. The molecule has 1 amide bonds. The Hall–Kier alpha value is -1.72. The molecule has 0 unspecified atom stereocenters. The molecule has 32 heavy (non-hydrogen) atoms. The van der Waals surface area contributed by atoms with Crippen molar-refractivity contribution in [3.05, 3.63) is 29.8 Å². The van der Waals surface area contributed by atoms with Crippen LogP contribution in [0.15, 0.2) is 24.3 Å². The molecule has 4 aliphatic carbocycles. The van der Waals surface area contributed by atoms with E-state index in [0.717, 1.165) is 44.9 Å². The van der Waals surface area contributed by atoms with Crippen LogP contribution >= 0.6 is 0 Å². The van der Waals surface area contributed by atoms with Crippen LogP contribution < -0.4 is 5.32 Å². The van der Waals surface area contributed by atoms with Gasteiger partial charge in [-0.1, -0.05) is 32.0 Å². The summed E-state index contributed by atoms with van der Waals surface area (Å²) in [6.07, 6.45) is 7.41. The fourth-order valence-corrected chi connectivity index (χ4v) is 9.03. The van der Waals surface area contributed by atoms with E-state index in [1.807, 2.05) is 12.1 Å². The van der Waals surface area contributed by atoms with E-state index >= 15 is 0 Å². The van der Waals surface area contributed by atoms with Crippen molar-refractivity contribution in [1.29, 1.82) is 0 Å². The third-order valence-electron chi connectivity index (χ3n) is 10.8. The standard InChI is InChI=1S/C27H35NO4/c1-25-11-9-16(29)13-15(25)7-8-17-18(25)10-12-26(2)20(17)14-21(23(26)30)27(32)19-5-3-4-6-22(19)28-24(27)31/h3-6,15-18,20-21,29,32H,7-14H2,1-2H3,(H,28,31)/t15-,16-,17-,18+,20+,21-,25-,26-,27+/m0/s1. The number of carbonyl (C=O) groups is 2. The molecule has 0 saturated heterocycles. The second kappa shape index (κ2) is 6.66. The van der Waals surface area contributed by atoms with E-state index in [0.29, 0.717) is 35.4 Å². The van der Waals surface area contributed by atoms with Crippen LogP contribution in [0.5, 0.6) is 0 Å². The second-order valence-corrected chi connectivity index (χ2v) is 12.0. The van der Waals surface area contributed by atoms with Crippen molar-refractivity contribution in [2.24, 2.45) is 40.4 Å². The highest BCUT2D eigenvalue weighted by Crippen LogP contribution is 2.67. The van der Waals surface area contributed by atoms with Crippen LogP contribution in [0.3, 0.4) is 0 Å². The van der Waals surface area contributed by atoms with Gasteiger partial charge in [0.2, 0.25) is 0 Å². The zero-order chi connectivity index (χ0) is 22.5. The number of ketones is 1. The summed E-state index contributed by atoms with van der Waals surface area (Å²) in [6.45, 7) is 4.54. The fourth-order valence-electron chi connectivity index (χ4n) is 9.03. The molecule has 0 radical (unpaired) electrons. The molecule has 5 heteroatoms. The van der Waals surface area contributed by atoms with Crippen LogP contribution in [0.25, 0.3) is 0 Å². The van der Waals surface area contributed by atoms with Gasteiger partial charge in [-0.05, 0) is 86.5 Å². The third-order valence-corrected chi connectivity index (χ3v) is 10.8. The number of fused-ring (bicyclic) bond motifs is 6. The summed E-state index contributed by atoms with van der Waals surface area (Å²) in [5.41, 5.74) is -0.812. The molecule has 9 atom stereocenters. The number of anilines is 1. The number of rotatable bonds is 1. The lowest BCUT2D eigenvalue weighted by Crippen LogP contribution is -2.54. The first-order chi connectivity index (χ1) is 15.2. The Morgan fingerprint density at radius 1 is 0.969 bits per heavy atom. The summed E-state index contributed by atoms with van der Waals surface area (Å²) in [5, 5.41) is 24.8. The van der Waals surface area contributed by atoms with Gasteiger partial charge in [0.05, 0.1) is 12.0 Å². The van der Waals surface area contributed by atoms with Crippen molar-refractivity contribution in [3.8, 4) is 0 Å². The SMILES string of the molecule is C[C@]12CC[C@H](O)C[C@@H]1CC[C@H]1[C@H]2CC[C@]2(C)C(=O)[C@@H]([C@@]3(O)C(=O)Nc4ccccc43)C[C@H]12. The van der Waals surface area contributed by atoms with Crippen molar-refractivity contribution in [1.82, 2.24) is 0 Å². The third kappa shape index (κ3) is 2.47. The van der Waals surface area contributed by atoms with Gasteiger partial charge in [0, 0.05) is 16.7 Å². The molecule has 4 saturated carbocycles. The van der Waals surface area contributed by atoms with Crippen molar-refractivity contribution in [2.45, 2.75) is 76.9 Å². The van der Waals surface area contributed by atoms with E-state index in [9.17, 15) is 19.8 Å². The maximum Gasteiger partial charge on any atom is 0.261 e. The molecule has 3 N–H and O–H groups in total. The largest absolute Gasteiger partial charge is 0.393 e. The minimum absolute atomic E-state index is 0.0849. The van der Waals surface area contributed by atoms with Crippen LogP contribution in [0.2, 0.25) is 0 Å². The maximum absolute atomic E-state index is 13.9. The Bertz CT molecular complexity index is 992. The Kier molecular flexibility index (Phi) is 4.34. The molecule has 5 aliphatic rings. The zero-order valence-electron chi connectivity index (χ0n) is 19.1. The fraction of sp³-hybridized carbons (Fsp3) is 0.704. The van der Waals surface area contributed by atoms with E-state index in [4.69, 9.17) is 0 Å². The van der Waals surface area contributed by atoms with Gasteiger partial charge in [-0.3, -0.25) is 9.59 Å². The summed E-state index contributed by atoms with van der Waals surface area (Å²) < 4.78 is 0. The van der Waals surface area contributed by atoms with Gasteiger partial charge in [0.25, 0.3) is 5.91 Å². The molecular formula is C27H35NO4. The predicted molar refractivity (Wildman–Crippen MR) is 121 cm³/mol. The quantitative estimate of drug-likeness (QED) is 0.619. The summed E-state index contributed by atoms with van der Waals surface area (Å²) >= 11 is 0. The van der Waals surface area contributed by atoms with Gasteiger partial charge in [0.1, 0.15) is 5.78 Å². The van der Waals surface area contributed by atoms with Crippen LogP contribution in [0.1, 0.15) is 70.8 Å². The van der Waals surface area contributed by atoms with Crippen molar-refractivity contribution < 1.29 is 19.8 Å². The van der Waals surface area contributed by atoms with Crippen molar-refractivity contribution in [3.63, 3.8) is 0 Å². The predicted octanol–water partition coefficient (Wildman–Crippen LogP) is 4.03. The molecule has 0 spiro atoms. The van der Waals surface area contributed by atoms with E-state index < -0.39 is 22.8 Å². The van der Waals surface area contributed by atoms with E-state index in [1.54, 1.807) is 12.1 Å². The molecule has 1 aromatic carbocycles. The summed E-state index contributed by atoms with van der Waals surface area (Å²) in [7, 11) is 0. The van der Waals surface area contributed by atoms with Gasteiger partial charge in [-0.15, -0.1) is 0 Å². The number of benzene rings is 1.